The number of aromatic nitrogens is 1. The van der Waals surface area contributed by atoms with Gasteiger partial charge in [-0.1, -0.05) is 41.7 Å². The van der Waals surface area contributed by atoms with Crippen molar-refractivity contribution in [2.75, 3.05) is 11.9 Å². The van der Waals surface area contributed by atoms with Crippen LogP contribution in [0.1, 0.15) is 4.88 Å². The van der Waals surface area contributed by atoms with Crippen LogP contribution in [-0.4, -0.2) is 6.54 Å². The first-order chi connectivity index (χ1) is 7.36. The summed E-state index contributed by atoms with van der Waals surface area (Å²) in [5.41, 5.74) is 2.70. The summed E-state index contributed by atoms with van der Waals surface area (Å²) in [5, 5.41) is 4.71. The molecule has 1 aromatic carbocycles. The molecule has 0 saturated heterocycles. The first-order valence-corrected chi connectivity index (χ1v) is 6.00. The minimum absolute atomic E-state index is 1.06. The van der Waals surface area contributed by atoms with Gasteiger partial charge in [-0.3, -0.25) is 5.32 Å². The van der Waals surface area contributed by atoms with Crippen molar-refractivity contribution < 1.29 is 4.57 Å². The lowest BCUT2D eigenvalue weighted by Gasteiger charge is -1.99. The molecule has 0 radical (unpaired) electrons. The molecule has 1 aromatic heterocycles. The zero-order chi connectivity index (χ0) is 10.3. The molecule has 0 unspecified atom stereocenters. The Bertz CT molecular complexity index is 488. The van der Waals surface area contributed by atoms with Gasteiger partial charge in [0.15, 0.2) is 0 Å². The molecule has 0 aliphatic carbocycles. The Morgan fingerprint density at radius 1 is 1.27 bits per heavy atom. The summed E-state index contributed by atoms with van der Waals surface area (Å²) < 4.78 is 2.38. The van der Waals surface area contributed by atoms with Crippen molar-refractivity contribution >= 4 is 16.5 Å². The maximum atomic E-state index is 3.41. The largest absolute Gasteiger partial charge is 0.334 e. The number of aryl methyl sites for hydroxylation is 1. The van der Waals surface area contributed by atoms with Gasteiger partial charge >= 0.3 is 5.13 Å². The second-order valence-corrected chi connectivity index (χ2v) is 4.96. The third kappa shape index (κ3) is 1.35. The van der Waals surface area contributed by atoms with Crippen molar-refractivity contribution in [1.29, 1.82) is 0 Å². The number of benzene rings is 1. The minimum Gasteiger partial charge on any atom is -0.261 e. The van der Waals surface area contributed by atoms with Gasteiger partial charge in [-0.2, -0.15) is 0 Å². The van der Waals surface area contributed by atoms with Crippen molar-refractivity contribution in [3.8, 4) is 11.3 Å². The molecule has 0 saturated carbocycles. The van der Waals surface area contributed by atoms with Crippen LogP contribution in [0.5, 0.6) is 0 Å². The topological polar surface area (TPSA) is 15.9 Å². The lowest BCUT2D eigenvalue weighted by atomic mass is 10.1. The lowest BCUT2D eigenvalue weighted by Crippen LogP contribution is -2.31. The Kier molecular flexibility index (Phi) is 1.99. The second-order valence-electron chi connectivity index (χ2n) is 3.76. The van der Waals surface area contributed by atoms with Crippen LogP contribution in [0.15, 0.2) is 30.3 Å². The number of hydrogen-bond acceptors (Lipinski definition) is 2. The SMILES string of the molecule is Cc1sc2[n+](c1-c1ccccc1)CCN2. The zero-order valence-electron chi connectivity index (χ0n) is 8.66. The van der Waals surface area contributed by atoms with E-state index in [-0.39, 0.29) is 0 Å². The van der Waals surface area contributed by atoms with Crippen molar-refractivity contribution in [2.24, 2.45) is 0 Å². The Balaban J connectivity index is 2.20. The van der Waals surface area contributed by atoms with Crippen LogP contribution < -0.4 is 9.88 Å². The third-order valence-corrected chi connectivity index (χ3v) is 3.81. The van der Waals surface area contributed by atoms with Gasteiger partial charge < -0.3 is 0 Å². The number of hydrogen-bond donors (Lipinski definition) is 1. The highest BCUT2D eigenvalue weighted by atomic mass is 32.1. The summed E-state index contributed by atoms with van der Waals surface area (Å²) in [6.45, 7) is 4.34. The molecule has 2 nitrogen and oxygen atoms in total. The number of nitrogens with one attached hydrogen (secondary N) is 1. The zero-order valence-corrected chi connectivity index (χ0v) is 9.47. The van der Waals surface area contributed by atoms with Crippen LogP contribution in [0.4, 0.5) is 5.13 Å². The molecule has 3 heteroatoms. The van der Waals surface area contributed by atoms with Gasteiger partial charge in [0.1, 0.15) is 18.8 Å². The standard InChI is InChI=1S/C12H12N2S/c1-9-11(10-5-3-2-4-6-10)14-8-7-13-12(14)15-9/h2-6H,7-8H2,1H3/p+1. The summed E-state index contributed by atoms with van der Waals surface area (Å²) in [7, 11) is 0. The Labute approximate surface area is 93.2 Å². The maximum Gasteiger partial charge on any atom is 0.334 e. The van der Waals surface area contributed by atoms with Crippen molar-refractivity contribution in [3.63, 3.8) is 0 Å². The van der Waals surface area contributed by atoms with Gasteiger partial charge in [0.2, 0.25) is 0 Å². The fourth-order valence-electron chi connectivity index (χ4n) is 2.11. The molecular formula is C12H13N2S+. The normalized spacial score (nSPS) is 13.7. The molecule has 0 fully saturated rings. The molecule has 2 heterocycles. The van der Waals surface area contributed by atoms with Crippen LogP contribution in [0.2, 0.25) is 0 Å². The highest BCUT2D eigenvalue weighted by Gasteiger charge is 2.26. The van der Waals surface area contributed by atoms with Gasteiger partial charge in [0.05, 0.1) is 4.88 Å². The molecule has 3 rings (SSSR count). The summed E-state index contributed by atoms with van der Waals surface area (Å²) in [6.07, 6.45) is 0. The van der Waals surface area contributed by atoms with E-state index >= 15 is 0 Å². The average Bonchev–Trinajstić information content (AvgIpc) is 2.78. The Morgan fingerprint density at radius 3 is 2.87 bits per heavy atom. The van der Waals surface area contributed by atoms with Gasteiger partial charge in [0.25, 0.3) is 0 Å². The van der Waals surface area contributed by atoms with Gasteiger partial charge in [-0.15, -0.1) is 0 Å². The van der Waals surface area contributed by atoms with E-state index in [0.29, 0.717) is 0 Å². The number of anilines is 1. The van der Waals surface area contributed by atoms with Crippen LogP contribution in [0.3, 0.4) is 0 Å². The van der Waals surface area contributed by atoms with Crippen LogP contribution in [0, 0.1) is 6.92 Å². The molecular weight excluding hydrogens is 204 g/mol. The van der Waals surface area contributed by atoms with Gasteiger partial charge in [-0.25, -0.2) is 4.57 Å². The van der Waals surface area contributed by atoms with E-state index in [1.807, 2.05) is 11.3 Å². The molecule has 0 atom stereocenters. The van der Waals surface area contributed by atoms with Crippen LogP contribution in [0.25, 0.3) is 11.3 Å². The van der Waals surface area contributed by atoms with E-state index in [9.17, 15) is 0 Å². The number of thiazole rings is 1. The smallest absolute Gasteiger partial charge is 0.261 e. The molecule has 15 heavy (non-hydrogen) atoms. The molecule has 76 valence electrons. The summed E-state index contributed by atoms with van der Waals surface area (Å²) in [6, 6.07) is 10.6. The van der Waals surface area contributed by atoms with E-state index < -0.39 is 0 Å². The van der Waals surface area contributed by atoms with E-state index in [4.69, 9.17) is 0 Å². The summed E-state index contributed by atoms with van der Waals surface area (Å²) in [4.78, 5) is 1.39. The van der Waals surface area contributed by atoms with E-state index in [1.165, 1.54) is 21.3 Å². The van der Waals surface area contributed by atoms with E-state index in [0.717, 1.165) is 13.1 Å². The third-order valence-electron chi connectivity index (χ3n) is 2.76. The van der Waals surface area contributed by atoms with E-state index in [1.54, 1.807) is 0 Å². The van der Waals surface area contributed by atoms with E-state index in [2.05, 4.69) is 47.1 Å². The van der Waals surface area contributed by atoms with Crippen molar-refractivity contribution in [2.45, 2.75) is 13.5 Å². The van der Waals surface area contributed by atoms with Gasteiger partial charge in [-0.05, 0) is 6.92 Å². The fraction of sp³-hybridized carbons (Fsp3) is 0.250. The first kappa shape index (κ1) is 8.92. The molecule has 0 spiro atoms. The number of fused-ring (bicyclic) bond motifs is 1. The monoisotopic (exact) mass is 217 g/mol. The quantitative estimate of drug-likeness (QED) is 0.725. The molecule has 0 bridgehead atoms. The Morgan fingerprint density at radius 2 is 2.07 bits per heavy atom. The molecule has 1 aliphatic heterocycles. The van der Waals surface area contributed by atoms with Crippen molar-refractivity contribution in [1.82, 2.24) is 0 Å². The van der Waals surface area contributed by atoms with Gasteiger partial charge in [0, 0.05) is 5.56 Å². The van der Waals surface area contributed by atoms with Crippen molar-refractivity contribution in [3.05, 3.63) is 35.2 Å². The fourth-order valence-corrected chi connectivity index (χ4v) is 3.20. The lowest BCUT2D eigenvalue weighted by molar-refractivity contribution is -0.655. The summed E-state index contributed by atoms with van der Waals surface area (Å²) in [5.74, 6) is 0. The Hall–Kier alpha value is -1.35. The molecule has 2 aromatic rings. The number of rotatable bonds is 1. The minimum atomic E-state index is 1.06. The predicted octanol–water partition coefficient (Wildman–Crippen LogP) is 2.44. The number of nitrogens with zero attached hydrogens (tertiary/aromatic N) is 1. The first-order valence-electron chi connectivity index (χ1n) is 5.19. The molecule has 1 N–H and O–H groups in total. The van der Waals surface area contributed by atoms with Crippen LogP contribution in [-0.2, 0) is 6.54 Å². The predicted molar refractivity (Wildman–Crippen MR) is 63.2 cm³/mol. The summed E-state index contributed by atoms with van der Waals surface area (Å²) >= 11 is 1.85. The highest BCUT2D eigenvalue weighted by molar-refractivity contribution is 7.15. The maximum absolute atomic E-state index is 3.41. The van der Waals surface area contributed by atoms with Crippen LogP contribution >= 0.6 is 11.3 Å². The molecule has 0 amide bonds. The second kappa shape index (κ2) is 3.35. The highest BCUT2D eigenvalue weighted by Crippen LogP contribution is 2.29. The average molecular weight is 217 g/mol. The molecule has 1 aliphatic rings.